The van der Waals surface area contributed by atoms with Gasteiger partial charge in [-0.1, -0.05) is 13.0 Å². The summed E-state index contributed by atoms with van der Waals surface area (Å²) in [6, 6.07) is 8.37. The van der Waals surface area contributed by atoms with Crippen LogP contribution in [-0.4, -0.2) is 91.3 Å². The second-order valence-corrected chi connectivity index (χ2v) is 12.1. The van der Waals surface area contributed by atoms with E-state index in [-0.39, 0.29) is 36.0 Å². The summed E-state index contributed by atoms with van der Waals surface area (Å²) in [5, 5.41) is 10.9. The molecule has 0 bridgehead atoms. The summed E-state index contributed by atoms with van der Waals surface area (Å²) >= 11 is 0. The number of aryl methyl sites for hydroxylation is 1. The number of aromatic nitrogens is 1. The first-order valence-electron chi connectivity index (χ1n) is 14.2. The second kappa shape index (κ2) is 11.3. The molecule has 0 radical (unpaired) electrons. The Morgan fingerprint density at radius 2 is 1.81 bits per heavy atom. The van der Waals surface area contributed by atoms with Gasteiger partial charge in [-0.15, -0.1) is 13.2 Å². The van der Waals surface area contributed by atoms with Gasteiger partial charge in [-0.3, -0.25) is 4.79 Å². The quantitative estimate of drug-likeness (QED) is 0.475. The van der Waals surface area contributed by atoms with E-state index in [0.29, 0.717) is 43.5 Å². The molecule has 236 valence electrons. The smallest absolute Gasteiger partial charge is 0.493 e. The van der Waals surface area contributed by atoms with Gasteiger partial charge in [0.15, 0.2) is 29.1 Å². The molecule has 2 aromatic rings. The van der Waals surface area contributed by atoms with Crippen molar-refractivity contribution in [2.45, 2.75) is 71.0 Å². The van der Waals surface area contributed by atoms with E-state index in [1.807, 2.05) is 30.0 Å². The van der Waals surface area contributed by atoms with Crippen LogP contribution in [0.5, 0.6) is 17.2 Å². The summed E-state index contributed by atoms with van der Waals surface area (Å²) in [7, 11) is 1.55. The SMILES string of the molecule is COc1ccc([C@@H]2CN(C(=O)C3COC(C)(C)O3)C[C@@]2(C)[C@@H](C)O)cc1OC1CN(c2ccc(OC(F)(F)F)c(C)n2)C1. The van der Waals surface area contributed by atoms with Crippen LogP contribution >= 0.6 is 0 Å². The van der Waals surface area contributed by atoms with Crippen molar-refractivity contribution in [3.05, 3.63) is 41.6 Å². The normalized spacial score (nSPS) is 26.3. The Kier molecular flexibility index (Phi) is 8.20. The van der Waals surface area contributed by atoms with Crippen LogP contribution in [0.25, 0.3) is 0 Å². The van der Waals surface area contributed by atoms with Crippen LogP contribution in [0.3, 0.4) is 0 Å². The minimum Gasteiger partial charge on any atom is -0.493 e. The third kappa shape index (κ3) is 6.48. The molecule has 4 heterocycles. The fraction of sp³-hybridized carbons (Fsp3) is 0.600. The number of hydrogen-bond donors (Lipinski definition) is 1. The lowest BCUT2D eigenvalue weighted by Gasteiger charge is -2.40. The van der Waals surface area contributed by atoms with Gasteiger partial charge in [0.1, 0.15) is 11.9 Å². The van der Waals surface area contributed by atoms with Crippen molar-refractivity contribution in [1.82, 2.24) is 9.88 Å². The molecule has 3 aliphatic heterocycles. The van der Waals surface area contributed by atoms with Gasteiger partial charge in [0.2, 0.25) is 0 Å². The average molecular weight is 610 g/mol. The highest BCUT2D eigenvalue weighted by molar-refractivity contribution is 5.82. The fourth-order valence-corrected chi connectivity index (χ4v) is 5.93. The third-order valence-corrected chi connectivity index (χ3v) is 8.58. The van der Waals surface area contributed by atoms with E-state index in [1.54, 1.807) is 32.8 Å². The minimum atomic E-state index is -4.78. The third-order valence-electron chi connectivity index (χ3n) is 8.58. The number of pyridine rings is 1. The van der Waals surface area contributed by atoms with Crippen LogP contribution in [-0.2, 0) is 14.3 Å². The Morgan fingerprint density at radius 1 is 1.12 bits per heavy atom. The highest BCUT2D eigenvalue weighted by Gasteiger charge is 2.51. The number of alkyl halides is 3. The van der Waals surface area contributed by atoms with E-state index < -0.39 is 29.8 Å². The highest BCUT2D eigenvalue weighted by Crippen LogP contribution is 2.47. The summed E-state index contributed by atoms with van der Waals surface area (Å²) in [4.78, 5) is 21.3. The van der Waals surface area contributed by atoms with E-state index in [2.05, 4.69) is 9.72 Å². The van der Waals surface area contributed by atoms with Gasteiger partial charge in [-0.25, -0.2) is 4.98 Å². The zero-order valence-corrected chi connectivity index (χ0v) is 25.1. The Bertz CT molecular complexity index is 1350. The number of carbonyl (C=O) groups is 1. The van der Waals surface area contributed by atoms with E-state index in [1.165, 1.54) is 19.1 Å². The summed E-state index contributed by atoms with van der Waals surface area (Å²) in [6.07, 6.45) is -6.41. The van der Waals surface area contributed by atoms with Gasteiger partial charge in [-0.2, -0.15) is 0 Å². The Labute approximate surface area is 248 Å². The van der Waals surface area contributed by atoms with E-state index in [9.17, 15) is 23.1 Å². The summed E-state index contributed by atoms with van der Waals surface area (Å²) in [5.74, 6) is 0.0602. The van der Waals surface area contributed by atoms with Crippen LogP contribution < -0.4 is 19.1 Å². The van der Waals surface area contributed by atoms with Gasteiger partial charge >= 0.3 is 6.36 Å². The molecule has 0 aliphatic carbocycles. The van der Waals surface area contributed by atoms with Crippen molar-refractivity contribution in [1.29, 1.82) is 0 Å². The standard InChI is InChI=1S/C30H38F3N3O7/c1-17-22(43-30(31,32)33)9-10-26(34-17)35-12-20(13-35)41-24-11-19(7-8-23(24)39-6)21-14-36(16-29(21,5)18(2)37)27(38)25-15-40-28(3,4)42-25/h7-11,18,20-21,25,37H,12-16H2,1-6H3/t18-,21+,25?,29+/m1/s1. The van der Waals surface area contributed by atoms with Gasteiger partial charge in [0.25, 0.3) is 5.91 Å². The number of likely N-dealkylation sites (tertiary alicyclic amines) is 1. The first-order chi connectivity index (χ1) is 20.1. The Hall–Kier alpha value is -3.29. The number of anilines is 1. The van der Waals surface area contributed by atoms with Crippen molar-refractivity contribution in [3.8, 4) is 17.2 Å². The maximum Gasteiger partial charge on any atom is 0.573 e. The number of halogens is 3. The number of amides is 1. The van der Waals surface area contributed by atoms with Gasteiger partial charge in [0.05, 0.1) is 38.6 Å². The van der Waals surface area contributed by atoms with E-state index in [4.69, 9.17) is 18.9 Å². The summed E-state index contributed by atoms with van der Waals surface area (Å²) in [5.41, 5.74) is 0.400. The van der Waals surface area contributed by atoms with Crippen molar-refractivity contribution >= 4 is 11.7 Å². The number of ether oxygens (including phenoxy) is 5. The molecule has 43 heavy (non-hydrogen) atoms. The number of hydrogen-bond acceptors (Lipinski definition) is 9. The molecule has 3 aliphatic rings. The van der Waals surface area contributed by atoms with Crippen molar-refractivity contribution in [2.75, 3.05) is 44.8 Å². The molecule has 0 saturated carbocycles. The molecule has 13 heteroatoms. The first-order valence-corrected chi connectivity index (χ1v) is 14.2. The molecule has 1 unspecified atom stereocenters. The van der Waals surface area contributed by atoms with Crippen LogP contribution in [0, 0.1) is 12.3 Å². The van der Waals surface area contributed by atoms with Crippen molar-refractivity contribution in [2.24, 2.45) is 5.41 Å². The maximum atomic E-state index is 13.4. The number of benzene rings is 1. The summed E-state index contributed by atoms with van der Waals surface area (Å²) in [6.45, 7) is 10.6. The van der Waals surface area contributed by atoms with Crippen LogP contribution in [0.15, 0.2) is 30.3 Å². The number of aliphatic hydroxyl groups is 1. The Balaban J connectivity index is 1.29. The zero-order chi connectivity index (χ0) is 31.3. The van der Waals surface area contributed by atoms with Crippen LogP contribution in [0.1, 0.15) is 44.9 Å². The molecule has 3 fully saturated rings. The average Bonchev–Trinajstić information content (AvgIpc) is 3.46. The van der Waals surface area contributed by atoms with Gasteiger partial charge in [0, 0.05) is 24.4 Å². The van der Waals surface area contributed by atoms with Crippen molar-refractivity contribution in [3.63, 3.8) is 0 Å². The molecule has 1 amide bonds. The van der Waals surface area contributed by atoms with Crippen LogP contribution in [0.4, 0.5) is 19.0 Å². The zero-order valence-electron chi connectivity index (χ0n) is 25.1. The molecule has 1 aromatic heterocycles. The number of aliphatic hydroxyl groups excluding tert-OH is 1. The minimum absolute atomic E-state index is 0.134. The molecule has 4 atom stereocenters. The number of methoxy groups -OCH3 is 1. The largest absolute Gasteiger partial charge is 0.573 e. The summed E-state index contributed by atoms with van der Waals surface area (Å²) < 4.78 is 65.1. The van der Waals surface area contributed by atoms with Crippen molar-refractivity contribution < 1.29 is 46.8 Å². The lowest BCUT2D eigenvalue weighted by atomic mass is 9.72. The van der Waals surface area contributed by atoms with E-state index in [0.717, 1.165) is 5.56 Å². The molecule has 0 spiro atoms. The number of rotatable bonds is 8. The first kappa shape index (κ1) is 31.1. The lowest BCUT2D eigenvalue weighted by Crippen LogP contribution is -2.54. The van der Waals surface area contributed by atoms with E-state index >= 15 is 0 Å². The molecule has 3 saturated heterocycles. The Morgan fingerprint density at radius 3 is 2.40 bits per heavy atom. The highest BCUT2D eigenvalue weighted by atomic mass is 19.4. The molecular weight excluding hydrogens is 571 g/mol. The molecule has 10 nitrogen and oxygen atoms in total. The lowest BCUT2D eigenvalue weighted by molar-refractivity contribution is -0.275. The molecule has 5 rings (SSSR count). The predicted molar refractivity (Wildman–Crippen MR) is 149 cm³/mol. The van der Waals surface area contributed by atoms with Gasteiger partial charge in [-0.05, 0) is 57.5 Å². The van der Waals surface area contributed by atoms with Crippen LogP contribution in [0.2, 0.25) is 0 Å². The topological polar surface area (TPSA) is 103 Å². The molecule has 1 N–H and O–H groups in total. The fourth-order valence-electron chi connectivity index (χ4n) is 5.93. The number of carbonyl (C=O) groups excluding carboxylic acids is 1. The predicted octanol–water partition coefficient (Wildman–Crippen LogP) is 4.03. The van der Waals surface area contributed by atoms with Gasteiger partial charge < -0.3 is 38.6 Å². The monoisotopic (exact) mass is 609 g/mol. The maximum absolute atomic E-state index is 13.4. The molecular formula is C30H38F3N3O7. The molecule has 1 aromatic carbocycles. The number of nitrogens with zero attached hydrogens (tertiary/aromatic N) is 3. The second-order valence-electron chi connectivity index (χ2n) is 12.1.